The van der Waals surface area contributed by atoms with E-state index in [-0.39, 0.29) is 0 Å². The van der Waals surface area contributed by atoms with Gasteiger partial charge in [0, 0.05) is 0 Å². The SMILES string of the molecule is CCCCCCCCCCCCCCCCP. The molecule has 0 heterocycles. The van der Waals surface area contributed by atoms with Gasteiger partial charge in [-0.05, 0) is 12.6 Å². The van der Waals surface area contributed by atoms with Gasteiger partial charge in [-0.15, -0.1) is 9.24 Å². The number of rotatable bonds is 14. The largest absolute Gasteiger partial charge is 0.138 e. The van der Waals surface area contributed by atoms with E-state index >= 15 is 0 Å². The zero-order chi connectivity index (χ0) is 12.6. The molecule has 0 amide bonds. The van der Waals surface area contributed by atoms with Gasteiger partial charge in [0.2, 0.25) is 0 Å². The molecule has 1 unspecified atom stereocenters. The Morgan fingerprint density at radius 2 is 0.765 bits per heavy atom. The highest BCUT2D eigenvalue weighted by Crippen LogP contribution is 2.12. The lowest BCUT2D eigenvalue weighted by atomic mass is 10.0. The van der Waals surface area contributed by atoms with Crippen molar-refractivity contribution in [2.24, 2.45) is 0 Å². The van der Waals surface area contributed by atoms with E-state index in [9.17, 15) is 0 Å². The number of hydrogen-bond donors (Lipinski definition) is 0. The maximum Gasteiger partial charge on any atom is -0.0381 e. The summed E-state index contributed by atoms with van der Waals surface area (Å²) in [4.78, 5) is 0. The van der Waals surface area contributed by atoms with Crippen molar-refractivity contribution >= 4 is 9.24 Å². The first-order chi connectivity index (χ1) is 8.41. The summed E-state index contributed by atoms with van der Waals surface area (Å²) in [7, 11) is 2.82. The normalized spacial score (nSPS) is 10.9. The molecule has 0 N–H and O–H groups in total. The third-order valence-corrected chi connectivity index (χ3v) is 3.97. The van der Waals surface area contributed by atoms with Gasteiger partial charge in [0.05, 0.1) is 0 Å². The molecule has 1 heteroatoms. The molecule has 0 nitrogen and oxygen atoms in total. The molecule has 0 aliphatic carbocycles. The van der Waals surface area contributed by atoms with Crippen LogP contribution in [0.2, 0.25) is 0 Å². The van der Waals surface area contributed by atoms with Crippen LogP contribution in [0.5, 0.6) is 0 Å². The summed E-state index contributed by atoms with van der Waals surface area (Å²) >= 11 is 0. The molecule has 0 aliphatic heterocycles. The van der Waals surface area contributed by atoms with E-state index in [4.69, 9.17) is 0 Å². The van der Waals surface area contributed by atoms with Gasteiger partial charge >= 0.3 is 0 Å². The quantitative estimate of drug-likeness (QED) is 0.252. The van der Waals surface area contributed by atoms with E-state index in [1.54, 1.807) is 0 Å². The summed E-state index contributed by atoms with van der Waals surface area (Å²) in [5.74, 6) is 0. The molecule has 0 aromatic heterocycles. The molecule has 1 atom stereocenters. The standard InChI is InChI=1S/C16H35P/c1-2-3-4-5-6-7-8-9-10-11-12-13-14-15-16-17/h2-17H2,1H3. The summed E-state index contributed by atoms with van der Waals surface area (Å²) in [6, 6.07) is 0. The molecule has 17 heavy (non-hydrogen) atoms. The predicted molar refractivity (Wildman–Crippen MR) is 84.9 cm³/mol. The fraction of sp³-hybridized carbons (Fsp3) is 1.00. The summed E-state index contributed by atoms with van der Waals surface area (Å²) in [6.07, 6.45) is 21.7. The van der Waals surface area contributed by atoms with Crippen molar-refractivity contribution in [3.8, 4) is 0 Å². The molecule has 0 rings (SSSR count). The van der Waals surface area contributed by atoms with Crippen LogP contribution in [0.3, 0.4) is 0 Å². The van der Waals surface area contributed by atoms with E-state index in [1.807, 2.05) is 0 Å². The van der Waals surface area contributed by atoms with Crippen LogP contribution in [0, 0.1) is 0 Å². The Bertz CT molecular complexity index is 109. The van der Waals surface area contributed by atoms with Crippen LogP contribution in [0.1, 0.15) is 96.8 Å². The van der Waals surface area contributed by atoms with Crippen LogP contribution in [-0.2, 0) is 0 Å². The zero-order valence-corrected chi connectivity index (χ0v) is 13.3. The predicted octanol–water partition coefficient (Wildman–Crippen LogP) is 6.34. The fourth-order valence-electron chi connectivity index (χ4n) is 2.34. The molecule has 0 fully saturated rings. The molecule has 0 saturated heterocycles. The minimum absolute atomic E-state index is 1.29. The van der Waals surface area contributed by atoms with E-state index < -0.39 is 0 Å². The monoisotopic (exact) mass is 258 g/mol. The van der Waals surface area contributed by atoms with Crippen LogP contribution in [0.25, 0.3) is 0 Å². The van der Waals surface area contributed by atoms with Crippen molar-refractivity contribution in [1.29, 1.82) is 0 Å². The van der Waals surface area contributed by atoms with Crippen molar-refractivity contribution in [3.63, 3.8) is 0 Å². The van der Waals surface area contributed by atoms with E-state index in [2.05, 4.69) is 16.2 Å². The Labute approximate surface area is 113 Å². The van der Waals surface area contributed by atoms with Crippen LogP contribution in [0.15, 0.2) is 0 Å². The highest BCUT2D eigenvalue weighted by Gasteiger charge is 1.93. The van der Waals surface area contributed by atoms with E-state index in [0.29, 0.717) is 0 Å². The molecule has 0 bridgehead atoms. The van der Waals surface area contributed by atoms with Crippen LogP contribution in [0.4, 0.5) is 0 Å². The molecule has 104 valence electrons. The zero-order valence-electron chi connectivity index (χ0n) is 12.2. The van der Waals surface area contributed by atoms with Crippen molar-refractivity contribution in [3.05, 3.63) is 0 Å². The van der Waals surface area contributed by atoms with E-state index in [0.717, 1.165) is 0 Å². The Hall–Kier alpha value is 0.430. The highest BCUT2D eigenvalue weighted by atomic mass is 31.0. The van der Waals surface area contributed by atoms with Gasteiger partial charge in [-0.1, -0.05) is 90.4 Å². The molecule has 0 saturated carbocycles. The summed E-state index contributed by atoms with van der Waals surface area (Å²) in [5, 5.41) is 0. The average Bonchev–Trinajstić information content (AvgIpc) is 2.35. The lowest BCUT2D eigenvalue weighted by molar-refractivity contribution is 0.538. The molecule has 0 spiro atoms. The molecule has 0 radical (unpaired) electrons. The van der Waals surface area contributed by atoms with Gasteiger partial charge in [0.15, 0.2) is 0 Å². The molecule has 0 aliphatic rings. The van der Waals surface area contributed by atoms with Crippen molar-refractivity contribution in [2.75, 3.05) is 6.16 Å². The second-order valence-corrected chi connectivity index (χ2v) is 5.96. The van der Waals surface area contributed by atoms with Gasteiger partial charge < -0.3 is 0 Å². The Balaban J connectivity index is 2.85. The number of hydrogen-bond acceptors (Lipinski definition) is 0. The lowest BCUT2D eigenvalue weighted by Crippen LogP contribution is -1.83. The minimum atomic E-state index is 1.29. The average molecular weight is 258 g/mol. The fourth-order valence-corrected chi connectivity index (χ4v) is 2.63. The first-order valence-corrected chi connectivity index (χ1v) is 8.93. The Morgan fingerprint density at radius 3 is 1.06 bits per heavy atom. The van der Waals surface area contributed by atoms with Crippen molar-refractivity contribution < 1.29 is 0 Å². The van der Waals surface area contributed by atoms with Crippen molar-refractivity contribution in [2.45, 2.75) is 96.8 Å². The molecular formula is C16H35P. The minimum Gasteiger partial charge on any atom is -0.138 e. The highest BCUT2D eigenvalue weighted by molar-refractivity contribution is 7.16. The first-order valence-electron chi connectivity index (χ1n) is 8.12. The number of unbranched alkanes of at least 4 members (excludes halogenated alkanes) is 13. The lowest BCUT2D eigenvalue weighted by Gasteiger charge is -2.02. The van der Waals surface area contributed by atoms with Gasteiger partial charge in [0.1, 0.15) is 0 Å². The van der Waals surface area contributed by atoms with Crippen molar-refractivity contribution in [1.82, 2.24) is 0 Å². The molecular weight excluding hydrogens is 223 g/mol. The van der Waals surface area contributed by atoms with E-state index in [1.165, 1.54) is 96.1 Å². The smallest absolute Gasteiger partial charge is 0.0381 e. The second kappa shape index (κ2) is 16.4. The maximum atomic E-state index is 2.82. The summed E-state index contributed by atoms with van der Waals surface area (Å²) < 4.78 is 0. The van der Waals surface area contributed by atoms with Crippen LogP contribution < -0.4 is 0 Å². The molecule has 0 aromatic carbocycles. The Kier molecular flexibility index (Phi) is 16.8. The van der Waals surface area contributed by atoms with Gasteiger partial charge in [-0.2, -0.15) is 0 Å². The van der Waals surface area contributed by atoms with Crippen LogP contribution in [-0.4, -0.2) is 6.16 Å². The summed E-state index contributed by atoms with van der Waals surface area (Å²) in [6.45, 7) is 2.29. The van der Waals surface area contributed by atoms with Gasteiger partial charge in [-0.25, -0.2) is 0 Å². The topological polar surface area (TPSA) is 0 Å². The Morgan fingerprint density at radius 1 is 0.471 bits per heavy atom. The van der Waals surface area contributed by atoms with Gasteiger partial charge in [0.25, 0.3) is 0 Å². The van der Waals surface area contributed by atoms with Crippen LogP contribution >= 0.6 is 9.24 Å². The molecule has 0 aromatic rings. The second-order valence-electron chi connectivity index (χ2n) is 5.38. The first kappa shape index (κ1) is 17.4. The summed E-state index contributed by atoms with van der Waals surface area (Å²) in [5.41, 5.74) is 0. The maximum absolute atomic E-state index is 2.82. The third kappa shape index (κ3) is 16.4. The third-order valence-electron chi connectivity index (χ3n) is 3.56. The van der Waals surface area contributed by atoms with Gasteiger partial charge in [-0.3, -0.25) is 0 Å².